The van der Waals surface area contributed by atoms with E-state index in [9.17, 15) is 21.6 Å². The number of hydrogen-bond donors (Lipinski definition) is 1. The number of rotatable bonds is 8. The monoisotopic (exact) mass is 401 g/mol. The number of sulfonamides is 1. The van der Waals surface area contributed by atoms with Gasteiger partial charge in [-0.25, -0.2) is 13.1 Å². The minimum absolute atomic E-state index is 0.0208. The van der Waals surface area contributed by atoms with Crippen LogP contribution in [0.15, 0.2) is 54.6 Å². The number of benzene rings is 2. The summed E-state index contributed by atoms with van der Waals surface area (Å²) < 4.78 is 70.8. The lowest BCUT2D eigenvalue weighted by molar-refractivity contribution is -0.137. The highest BCUT2D eigenvalue weighted by molar-refractivity contribution is 7.88. The van der Waals surface area contributed by atoms with Gasteiger partial charge in [-0.05, 0) is 29.7 Å². The Morgan fingerprint density at radius 2 is 1.56 bits per heavy atom. The molecule has 2 aromatic carbocycles. The van der Waals surface area contributed by atoms with Crippen LogP contribution in [0.4, 0.5) is 13.2 Å². The van der Waals surface area contributed by atoms with Gasteiger partial charge < -0.3 is 4.74 Å². The minimum atomic E-state index is -4.45. The van der Waals surface area contributed by atoms with Crippen LogP contribution in [0, 0.1) is 0 Å². The van der Waals surface area contributed by atoms with Crippen LogP contribution < -0.4 is 4.72 Å². The molecule has 2 aromatic rings. The number of nitrogens with one attached hydrogen (secondary N) is 1. The second-order valence-corrected chi connectivity index (χ2v) is 8.00. The van der Waals surface area contributed by atoms with Gasteiger partial charge in [-0.3, -0.25) is 0 Å². The molecule has 0 amide bonds. The van der Waals surface area contributed by atoms with E-state index in [1.54, 1.807) is 0 Å². The van der Waals surface area contributed by atoms with Gasteiger partial charge in [0.2, 0.25) is 10.0 Å². The predicted octanol–water partition coefficient (Wildman–Crippen LogP) is 4.08. The number of ether oxygens (including phenoxy) is 1. The van der Waals surface area contributed by atoms with Crippen LogP contribution in [0.1, 0.15) is 30.0 Å². The molecule has 1 atom stereocenters. The van der Waals surface area contributed by atoms with Crippen molar-refractivity contribution in [3.63, 3.8) is 0 Å². The minimum Gasteiger partial charge on any atom is -0.372 e. The maximum Gasteiger partial charge on any atom is 0.416 e. The molecule has 0 saturated carbocycles. The summed E-state index contributed by atoms with van der Waals surface area (Å²) in [5, 5.41) is 0. The Morgan fingerprint density at radius 3 is 2.04 bits per heavy atom. The fourth-order valence-corrected chi connectivity index (χ4v) is 3.98. The van der Waals surface area contributed by atoms with Crippen molar-refractivity contribution in [3.05, 3.63) is 71.3 Å². The summed E-state index contributed by atoms with van der Waals surface area (Å²) in [6.45, 7) is 1.91. The standard InChI is InChI=1S/C19H22F3NO3S/c1-3-18(26-2,16-7-5-4-6-8-16)14-23-27(24,25)13-15-9-11-17(12-10-15)19(20,21)22/h4-12,23H,3,13-14H2,1-2H3/t18-/m1/s1. The maximum atomic E-state index is 12.6. The van der Waals surface area contributed by atoms with Gasteiger partial charge in [0.25, 0.3) is 0 Å². The van der Waals surface area contributed by atoms with Crippen molar-refractivity contribution in [1.82, 2.24) is 4.72 Å². The highest BCUT2D eigenvalue weighted by Crippen LogP contribution is 2.30. The zero-order valence-electron chi connectivity index (χ0n) is 15.1. The largest absolute Gasteiger partial charge is 0.416 e. The second-order valence-electron chi connectivity index (χ2n) is 6.19. The molecule has 0 spiro atoms. The van der Waals surface area contributed by atoms with Crippen LogP contribution in [0.25, 0.3) is 0 Å². The molecule has 2 rings (SSSR count). The van der Waals surface area contributed by atoms with Gasteiger partial charge in [-0.2, -0.15) is 13.2 Å². The summed E-state index contributed by atoms with van der Waals surface area (Å²) >= 11 is 0. The molecule has 0 radical (unpaired) electrons. The summed E-state index contributed by atoms with van der Waals surface area (Å²) in [5.74, 6) is -0.413. The molecule has 0 aliphatic heterocycles. The average molecular weight is 401 g/mol. The fourth-order valence-electron chi connectivity index (χ4n) is 2.79. The highest BCUT2D eigenvalue weighted by Gasteiger charge is 2.32. The summed E-state index contributed by atoms with van der Waals surface area (Å²) in [6, 6.07) is 13.3. The second kappa shape index (κ2) is 8.41. The molecular formula is C19H22F3NO3S. The van der Waals surface area contributed by atoms with Crippen LogP contribution in [-0.2, 0) is 32.3 Å². The number of methoxy groups -OCH3 is 1. The quantitative estimate of drug-likeness (QED) is 0.725. The van der Waals surface area contributed by atoms with Gasteiger partial charge >= 0.3 is 6.18 Å². The smallest absolute Gasteiger partial charge is 0.372 e. The molecule has 0 fully saturated rings. The van der Waals surface area contributed by atoms with Crippen molar-refractivity contribution in [1.29, 1.82) is 0 Å². The average Bonchev–Trinajstić information content (AvgIpc) is 2.63. The van der Waals surface area contributed by atoms with Gasteiger partial charge in [0.05, 0.1) is 11.3 Å². The third kappa shape index (κ3) is 5.54. The topological polar surface area (TPSA) is 55.4 Å². The molecule has 0 aromatic heterocycles. The molecule has 1 N–H and O–H groups in total. The van der Waals surface area contributed by atoms with Crippen molar-refractivity contribution in [2.24, 2.45) is 0 Å². The molecule has 0 unspecified atom stereocenters. The Hall–Kier alpha value is -1.90. The SMILES string of the molecule is CC[C@](CNS(=O)(=O)Cc1ccc(C(F)(F)F)cc1)(OC)c1ccccc1. The summed E-state index contributed by atoms with van der Waals surface area (Å²) in [7, 11) is -2.24. The lowest BCUT2D eigenvalue weighted by atomic mass is 9.91. The predicted molar refractivity (Wildman–Crippen MR) is 97.5 cm³/mol. The van der Waals surface area contributed by atoms with Gasteiger partial charge in [0.1, 0.15) is 5.60 Å². The van der Waals surface area contributed by atoms with Gasteiger partial charge in [-0.15, -0.1) is 0 Å². The third-order valence-electron chi connectivity index (χ3n) is 4.48. The Kier molecular flexibility index (Phi) is 6.67. The molecule has 0 aliphatic rings. The zero-order chi connectivity index (χ0) is 20.1. The number of alkyl halides is 3. The van der Waals surface area contributed by atoms with Crippen molar-refractivity contribution >= 4 is 10.0 Å². The van der Waals surface area contributed by atoms with Crippen LogP contribution in [-0.4, -0.2) is 22.1 Å². The van der Waals surface area contributed by atoms with Crippen molar-refractivity contribution < 1.29 is 26.3 Å². The Balaban J connectivity index is 2.11. The van der Waals surface area contributed by atoms with Crippen LogP contribution in [0.3, 0.4) is 0 Å². The van der Waals surface area contributed by atoms with Crippen LogP contribution in [0.2, 0.25) is 0 Å². The lowest BCUT2D eigenvalue weighted by Crippen LogP contribution is -2.42. The first-order valence-electron chi connectivity index (χ1n) is 8.36. The number of hydrogen-bond acceptors (Lipinski definition) is 3. The highest BCUT2D eigenvalue weighted by atomic mass is 32.2. The normalized spacial score (nSPS) is 14.7. The fraction of sp³-hybridized carbons (Fsp3) is 0.368. The molecular weight excluding hydrogens is 379 g/mol. The summed E-state index contributed by atoms with van der Waals surface area (Å²) in [6.07, 6.45) is -3.92. The maximum absolute atomic E-state index is 12.6. The first kappa shape index (κ1) is 21.4. The van der Waals surface area contributed by atoms with Gasteiger partial charge in [0.15, 0.2) is 0 Å². The summed E-state index contributed by atoms with van der Waals surface area (Å²) in [4.78, 5) is 0. The van der Waals surface area contributed by atoms with Gasteiger partial charge in [-0.1, -0.05) is 49.4 Å². The van der Waals surface area contributed by atoms with Gasteiger partial charge in [0, 0.05) is 13.7 Å². The molecule has 0 bridgehead atoms. The lowest BCUT2D eigenvalue weighted by Gasteiger charge is -2.32. The molecule has 8 heteroatoms. The molecule has 148 valence electrons. The summed E-state index contributed by atoms with van der Waals surface area (Å²) in [5.41, 5.74) is -0.527. The third-order valence-corrected chi connectivity index (χ3v) is 5.77. The molecule has 27 heavy (non-hydrogen) atoms. The van der Waals surface area contributed by atoms with Crippen LogP contribution >= 0.6 is 0 Å². The first-order chi connectivity index (χ1) is 12.6. The number of halogens is 3. The van der Waals surface area contributed by atoms with E-state index in [2.05, 4.69) is 4.72 Å². The van der Waals surface area contributed by atoms with Crippen LogP contribution in [0.5, 0.6) is 0 Å². The molecule has 4 nitrogen and oxygen atoms in total. The van der Waals surface area contributed by atoms with E-state index in [4.69, 9.17) is 4.74 Å². The van der Waals surface area contributed by atoms with E-state index < -0.39 is 33.1 Å². The molecule has 0 saturated heterocycles. The van der Waals surface area contributed by atoms with Crippen molar-refractivity contribution in [3.8, 4) is 0 Å². The van der Waals surface area contributed by atoms with Crippen molar-refractivity contribution in [2.45, 2.75) is 30.9 Å². The first-order valence-corrected chi connectivity index (χ1v) is 10.0. The Labute approximate surface area is 157 Å². The zero-order valence-corrected chi connectivity index (χ0v) is 15.9. The van der Waals surface area contributed by atoms with E-state index in [-0.39, 0.29) is 12.1 Å². The van der Waals surface area contributed by atoms with E-state index in [0.717, 1.165) is 17.7 Å². The van der Waals surface area contributed by atoms with Crippen molar-refractivity contribution in [2.75, 3.05) is 13.7 Å². The van der Waals surface area contributed by atoms with E-state index in [1.807, 2.05) is 37.3 Å². The molecule has 0 aliphatic carbocycles. The van der Waals surface area contributed by atoms with E-state index in [1.165, 1.54) is 19.2 Å². The Morgan fingerprint density at radius 1 is 0.963 bits per heavy atom. The van der Waals surface area contributed by atoms with E-state index >= 15 is 0 Å². The Bertz CT molecular complexity index is 831. The van der Waals surface area contributed by atoms with E-state index in [0.29, 0.717) is 6.42 Å². The molecule has 0 heterocycles.